The summed E-state index contributed by atoms with van der Waals surface area (Å²) in [6.45, 7) is 3.40. The van der Waals surface area contributed by atoms with Crippen LogP contribution in [0.2, 0.25) is 0 Å². The zero-order valence-corrected chi connectivity index (χ0v) is 14.1. The van der Waals surface area contributed by atoms with E-state index in [4.69, 9.17) is 4.74 Å². The van der Waals surface area contributed by atoms with E-state index in [1.165, 1.54) is 11.8 Å². The zero-order valence-electron chi connectivity index (χ0n) is 13.3. The van der Waals surface area contributed by atoms with Crippen molar-refractivity contribution in [2.45, 2.75) is 24.7 Å². The van der Waals surface area contributed by atoms with Gasteiger partial charge in [0, 0.05) is 24.7 Å². The second-order valence-electron chi connectivity index (χ2n) is 5.75. The first-order valence-electron chi connectivity index (χ1n) is 7.83. The van der Waals surface area contributed by atoms with Gasteiger partial charge in [-0.25, -0.2) is 0 Å². The van der Waals surface area contributed by atoms with Gasteiger partial charge in [-0.15, -0.1) is 11.8 Å². The Morgan fingerprint density at radius 3 is 2.70 bits per heavy atom. The first-order valence-corrected chi connectivity index (χ1v) is 8.82. The number of ether oxygens (including phenoxy) is 1. The van der Waals surface area contributed by atoms with Crippen LogP contribution in [0.4, 0.5) is 0 Å². The minimum atomic E-state index is -0.844. The summed E-state index contributed by atoms with van der Waals surface area (Å²) in [5, 5.41) is 12.2. The number of rotatable bonds is 7. The van der Waals surface area contributed by atoms with Crippen LogP contribution in [0, 0.1) is 18.8 Å². The normalized spacial score (nSPS) is 16.7. The van der Waals surface area contributed by atoms with E-state index in [0.717, 1.165) is 23.3 Å². The molecule has 1 atom stereocenters. The fourth-order valence-electron chi connectivity index (χ4n) is 2.71. The number of hydrogen-bond donors (Lipinski definition) is 2. The molecule has 0 bridgehead atoms. The van der Waals surface area contributed by atoms with Gasteiger partial charge >= 0.3 is 5.97 Å². The minimum Gasteiger partial charge on any atom is -0.481 e. The number of carboxylic acids is 1. The van der Waals surface area contributed by atoms with E-state index in [0.29, 0.717) is 19.0 Å². The molecular formula is C17H23NO4S. The van der Waals surface area contributed by atoms with Crippen LogP contribution in [0.1, 0.15) is 18.4 Å². The van der Waals surface area contributed by atoms with Gasteiger partial charge in [0.25, 0.3) is 0 Å². The molecule has 126 valence electrons. The molecule has 2 N–H and O–H groups in total. The second-order valence-corrected chi connectivity index (χ2v) is 6.77. The molecule has 1 saturated heterocycles. The van der Waals surface area contributed by atoms with Crippen molar-refractivity contribution in [3.8, 4) is 0 Å². The molecule has 1 aliphatic heterocycles. The van der Waals surface area contributed by atoms with E-state index in [1.807, 2.05) is 31.2 Å². The lowest BCUT2D eigenvalue weighted by molar-refractivity contribution is -0.144. The van der Waals surface area contributed by atoms with Crippen molar-refractivity contribution in [2.24, 2.45) is 11.8 Å². The van der Waals surface area contributed by atoms with Crippen LogP contribution < -0.4 is 5.32 Å². The number of aryl methyl sites for hydroxylation is 1. The fraction of sp³-hybridized carbons (Fsp3) is 0.529. The standard InChI is InChI=1S/C17H23NO4S/c1-12-4-2-3-5-15(12)23-11-16(19)18-10-14(17(20)21)13-6-8-22-9-7-13/h2-5,13-14H,6-11H2,1H3,(H,18,19)(H,20,21). The number of carbonyl (C=O) groups excluding carboxylic acids is 1. The van der Waals surface area contributed by atoms with E-state index >= 15 is 0 Å². The summed E-state index contributed by atoms with van der Waals surface area (Å²) in [5.74, 6) is -1.14. The molecule has 0 aromatic heterocycles. The molecule has 1 unspecified atom stereocenters. The predicted octanol–water partition coefficient (Wildman–Crippen LogP) is 2.33. The third-order valence-electron chi connectivity index (χ3n) is 4.12. The SMILES string of the molecule is Cc1ccccc1SCC(=O)NCC(C(=O)O)C1CCOCC1. The predicted molar refractivity (Wildman–Crippen MR) is 89.6 cm³/mol. The number of amides is 1. The van der Waals surface area contributed by atoms with Gasteiger partial charge in [-0.05, 0) is 37.3 Å². The van der Waals surface area contributed by atoms with Gasteiger partial charge in [0.15, 0.2) is 0 Å². The van der Waals surface area contributed by atoms with Gasteiger partial charge in [-0.1, -0.05) is 18.2 Å². The molecule has 2 rings (SSSR count). The summed E-state index contributed by atoms with van der Waals surface area (Å²) in [5.41, 5.74) is 1.14. The van der Waals surface area contributed by atoms with Crippen molar-refractivity contribution < 1.29 is 19.4 Å². The van der Waals surface area contributed by atoms with E-state index in [-0.39, 0.29) is 18.4 Å². The minimum absolute atomic E-state index is 0.0746. The maximum Gasteiger partial charge on any atom is 0.308 e. The van der Waals surface area contributed by atoms with Crippen molar-refractivity contribution >= 4 is 23.6 Å². The summed E-state index contributed by atoms with van der Waals surface area (Å²) < 4.78 is 5.27. The topological polar surface area (TPSA) is 75.6 Å². The Kier molecular flexibility index (Phi) is 6.92. The second kappa shape index (κ2) is 8.93. The van der Waals surface area contributed by atoms with Gasteiger partial charge in [-0.2, -0.15) is 0 Å². The molecule has 0 spiro atoms. The largest absolute Gasteiger partial charge is 0.481 e. The van der Waals surface area contributed by atoms with Crippen molar-refractivity contribution in [3.63, 3.8) is 0 Å². The summed E-state index contributed by atoms with van der Waals surface area (Å²) >= 11 is 1.47. The first kappa shape index (κ1) is 17.8. The molecule has 1 fully saturated rings. The molecule has 0 aliphatic carbocycles. The van der Waals surface area contributed by atoms with Crippen molar-refractivity contribution in [1.29, 1.82) is 0 Å². The molecule has 5 nitrogen and oxygen atoms in total. The van der Waals surface area contributed by atoms with Crippen LogP contribution >= 0.6 is 11.8 Å². The van der Waals surface area contributed by atoms with Crippen molar-refractivity contribution in [3.05, 3.63) is 29.8 Å². The van der Waals surface area contributed by atoms with E-state index in [2.05, 4.69) is 5.32 Å². The maximum absolute atomic E-state index is 12.0. The average molecular weight is 337 g/mol. The quantitative estimate of drug-likeness (QED) is 0.747. The van der Waals surface area contributed by atoms with Crippen LogP contribution in [0.5, 0.6) is 0 Å². The Bertz CT molecular complexity index is 543. The smallest absolute Gasteiger partial charge is 0.308 e. The highest BCUT2D eigenvalue weighted by Gasteiger charge is 2.29. The van der Waals surface area contributed by atoms with E-state index < -0.39 is 11.9 Å². The number of thioether (sulfide) groups is 1. The molecule has 1 amide bonds. The molecule has 6 heteroatoms. The van der Waals surface area contributed by atoms with Crippen LogP contribution in [0.3, 0.4) is 0 Å². The molecule has 23 heavy (non-hydrogen) atoms. The third-order valence-corrected chi connectivity index (χ3v) is 5.30. The Morgan fingerprint density at radius 2 is 2.04 bits per heavy atom. The lowest BCUT2D eigenvalue weighted by atomic mass is 9.86. The van der Waals surface area contributed by atoms with Crippen LogP contribution in [-0.2, 0) is 14.3 Å². The Hall–Kier alpha value is -1.53. The van der Waals surface area contributed by atoms with Gasteiger partial charge in [0.05, 0.1) is 11.7 Å². The Morgan fingerprint density at radius 1 is 1.35 bits per heavy atom. The van der Waals surface area contributed by atoms with Gasteiger partial charge in [-0.3, -0.25) is 9.59 Å². The number of carboxylic acid groups (broad SMARTS) is 1. The molecule has 0 radical (unpaired) electrons. The lowest BCUT2D eigenvalue weighted by Gasteiger charge is -2.27. The number of nitrogens with one attached hydrogen (secondary N) is 1. The summed E-state index contributed by atoms with van der Waals surface area (Å²) in [7, 11) is 0. The summed E-state index contributed by atoms with van der Waals surface area (Å²) in [6, 6.07) is 7.89. The maximum atomic E-state index is 12.0. The fourth-order valence-corrected chi connectivity index (χ4v) is 3.57. The number of carbonyl (C=O) groups is 2. The Balaban J connectivity index is 1.79. The highest BCUT2D eigenvalue weighted by Crippen LogP contribution is 2.24. The number of hydrogen-bond acceptors (Lipinski definition) is 4. The van der Waals surface area contributed by atoms with Crippen LogP contribution in [-0.4, -0.2) is 42.5 Å². The van der Waals surface area contributed by atoms with Crippen molar-refractivity contribution in [1.82, 2.24) is 5.32 Å². The molecule has 1 aliphatic rings. The molecular weight excluding hydrogens is 314 g/mol. The molecule has 1 aromatic rings. The van der Waals surface area contributed by atoms with Crippen molar-refractivity contribution in [2.75, 3.05) is 25.5 Å². The molecule has 0 saturated carbocycles. The van der Waals surface area contributed by atoms with E-state index in [9.17, 15) is 14.7 Å². The average Bonchev–Trinajstić information content (AvgIpc) is 2.55. The highest BCUT2D eigenvalue weighted by atomic mass is 32.2. The van der Waals surface area contributed by atoms with E-state index in [1.54, 1.807) is 0 Å². The van der Waals surface area contributed by atoms with Gasteiger partial charge in [0.2, 0.25) is 5.91 Å². The summed E-state index contributed by atoms with van der Waals surface area (Å²) in [6.07, 6.45) is 1.48. The van der Waals surface area contributed by atoms with Gasteiger partial charge < -0.3 is 15.2 Å². The number of aliphatic carboxylic acids is 1. The Labute approximate surface area is 140 Å². The van der Waals surface area contributed by atoms with Crippen LogP contribution in [0.15, 0.2) is 29.2 Å². The van der Waals surface area contributed by atoms with Crippen LogP contribution in [0.25, 0.3) is 0 Å². The zero-order chi connectivity index (χ0) is 16.7. The van der Waals surface area contributed by atoms with Gasteiger partial charge in [0.1, 0.15) is 0 Å². The third kappa shape index (κ3) is 5.55. The summed E-state index contributed by atoms with van der Waals surface area (Å²) in [4.78, 5) is 24.5. The monoisotopic (exact) mass is 337 g/mol. The number of benzene rings is 1. The molecule has 1 heterocycles. The first-order chi connectivity index (χ1) is 11.1. The highest BCUT2D eigenvalue weighted by molar-refractivity contribution is 8.00. The lowest BCUT2D eigenvalue weighted by Crippen LogP contribution is -2.39. The molecule has 1 aromatic carbocycles.